The van der Waals surface area contributed by atoms with Crippen LogP contribution in [0.2, 0.25) is 0 Å². The lowest BCUT2D eigenvalue weighted by molar-refractivity contribution is -0.388. The third-order valence-electron chi connectivity index (χ3n) is 6.19. The van der Waals surface area contributed by atoms with Crippen LogP contribution in [0.1, 0.15) is 67.6 Å². The largest absolute Gasteiger partial charge is 0.445 e. The second-order valence-corrected chi connectivity index (χ2v) is 8.59. The van der Waals surface area contributed by atoms with Crippen molar-refractivity contribution in [1.82, 2.24) is 4.90 Å². The number of amides is 2. The molecule has 1 heterocycles. The lowest BCUT2D eigenvalue weighted by Crippen LogP contribution is -2.64. The van der Waals surface area contributed by atoms with Crippen LogP contribution in [0.15, 0.2) is 36.4 Å². The second-order valence-electron chi connectivity index (χ2n) is 8.59. The summed E-state index contributed by atoms with van der Waals surface area (Å²) in [7, 11) is 0. The Kier molecular flexibility index (Phi) is 5.08. The molecule has 2 unspecified atom stereocenters. The number of fused-ring (bicyclic) bond motifs is 5. The fourth-order valence-electron chi connectivity index (χ4n) is 5.02. The van der Waals surface area contributed by atoms with Crippen molar-refractivity contribution in [2.75, 3.05) is 0 Å². The molecule has 34 heavy (non-hydrogen) atoms. The molecule has 0 saturated heterocycles. The van der Waals surface area contributed by atoms with Gasteiger partial charge in [0, 0.05) is 38.0 Å². The number of nitrogens with zero attached hydrogens (tertiary/aromatic N) is 2. The van der Waals surface area contributed by atoms with Gasteiger partial charge in [-0.2, -0.15) is 0 Å². The van der Waals surface area contributed by atoms with E-state index in [0.29, 0.717) is 4.90 Å². The summed E-state index contributed by atoms with van der Waals surface area (Å²) in [5, 5.41) is 12.0. The number of benzene rings is 2. The number of ether oxygens (including phenoxy) is 2. The number of hydrogen-bond donors (Lipinski definition) is 0. The summed E-state index contributed by atoms with van der Waals surface area (Å²) in [5.74, 6) is -5.75. The van der Waals surface area contributed by atoms with Gasteiger partial charge in [0.05, 0.1) is 4.92 Å². The van der Waals surface area contributed by atoms with Gasteiger partial charge in [0.15, 0.2) is 0 Å². The molecule has 0 bridgehead atoms. The molecule has 0 radical (unpaired) electrons. The molecule has 4 rings (SSSR count). The van der Waals surface area contributed by atoms with E-state index >= 15 is 0 Å². The van der Waals surface area contributed by atoms with Crippen molar-refractivity contribution in [2.24, 2.45) is 0 Å². The first-order chi connectivity index (χ1) is 15.9. The standard InChI is InChI=1S/C24H22N2O8/c1-12(2)16-9-10-18-20(11-16)34-24(33-15(5)29)21-17(7-6-8-19(21)26(31)32)22(30)23(18,24)25(13(3)27)14(4)28/h6-12H,1-5H3. The van der Waals surface area contributed by atoms with Gasteiger partial charge < -0.3 is 9.47 Å². The average Bonchev–Trinajstić information content (AvgIpc) is 3.11. The molecule has 2 amide bonds. The van der Waals surface area contributed by atoms with Crippen molar-refractivity contribution in [1.29, 1.82) is 0 Å². The fourth-order valence-corrected chi connectivity index (χ4v) is 5.02. The highest BCUT2D eigenvalue weighted by atomic mass is 16.7. The van der Waals surface area contributed by atoms with E-state index in [-0.39, 0.29) is 28.4 Å². The summed E-state index contributed by atoms with van der Waals surface area (Å²) in [4.78, 5) is 64.2. The smallest absolute Gasteiger partial charge is 0.324 e. The van der Waals surface area contributed by atoms with Gasteiger partial charge in [-0.15, -0.1) is 0 Å². The number of carbonyl (C=O) groups is 4. The highest BCUT2D eigenvalue weighted by Gasteiger charge is 2.79. The molecule has 10 nitrogen and oxygen atoms in total. The second kappa shape index (κ2) is 7.47. The zero-order chi connectivity index (χ0) is 25.2. The Hall–Kier alpha value is -4.08. The van der Waals surface area contributed by atoms with Crippen molar-refractivity contribution < 1.29 is 33.6 Å². The van der Waals surface area contributed by atoms with Crippen LogP contribution in [0.5, 0.6) is 5.75 Å². The molecule has 0 saturated carbocycles. The summed E-state index contributed by atoms with van der Waals surface area (Å²) < 4.78 is 11.8. The van der Waals surface area contributed by atoms with Crippen LogP contribution in [0.4, 0.5) is 5.69 Å². The normalized spacial score (nSPS) is 21.9. The molecule has 0 aromatic heterocycles. The topological polar surface area (TPSA) is 133 Å². The van der Waals surface area contributed by atoms with E-state index in [1.807, 2.05) is 13.8 Å². The Bertz CT molecular complexity index is 1290. The predicted molar refractivity (Wildman–Crippen MR) is 117 cm³/mol. The maximum absolute atomic E-state index is 14.2. The van der Waals surface area contributed by atoms with E-state index < -0.39 is 45.5 Å². The monoisotopic (exact) mass is 466 g/mol. The molecule has 2 atom stereocenters. The minimum absolute atomic E-state index is 0.0454. The van der Waals surface area contributed by atoms with Crippen molar-refractivity contribution in [3.63, 3.8) is 0 Å². The zero-order valence-electron chi connectivity index (χ0n) is 19.2. The van der Waals surface area contributed by atoms with Crippen molar-refractivity contribution in [3.05, 3.63) is 68.8 Å². The minimum atomic E-state index is -2.48. The van der Waals surface area contributed by atoms with Crippen LogP contribution in [0, 0.1) is 10.1 Å². The summed E-state index contributed by atoms with van der Waals surface area (Å²) in [6.45, 7) is 7.07. The Morgan fingerprint density at radius 3 is 2.26 bits per heavy atom. The van der Waals surface area contributed by atoms with Crippen molar-refractivity contribution >= 4 is 29.3 Å². The van der Waals surface area contributed by atoms with Gasteiger partial charge in [-0.1, -0.05) is 38.1 Å². The highest BCUT2D eigenvalue weighted by Crippen LogP contribution is 2.64. The average molecular weight is 466 g/mol. The lowest BCUT2D eigenvalue weighted by atomic mass is 9.80. The van der Waals surface area contributed by atoms with E-state index in [1.165, 1.54) is 18.2 Å². The number of carbonyl (C=O) groups excluding carboxylic acids is 4. The van der Waals surface area contributed by atoms with Gasteiger partial charge in [-0.3, -0.25) is 34.2 Å². The summed E-state index contributed by atoms with van der Waals surface area (Å²) in [6.07, 6.45) is 0. The zero-order valence-corrected chi connectivity index (χ0v) is 19.2. The van der Waals surface area contributed by atoms with E-state index in [4.69, 9.17) is 9.47 Å². The number of nitro benzene ring substituents is 1. The van der Waals surface area contributed by atoms with Crippen LogP contribution in [-0.4, -0.2) is 33.4 Å². The van der Waals surface area contributed by atoms with E-state index in [1.54, 1.807) is 12.1 Å². The van der Waals surface area contributed by atoms with Crippen LogP contribution in [-0.2, 0) is 30.4 Å². The molecule has 0 N–H and O–H groups in total. The number of Topliss-reactive ketones (excluding diaryl/α,β-unsaturated/α-hetero) is 1. The molecular weight excluding hydrogens is 444 g/mol. The quantitative estimate of drug-likeness (QED) is 0.381. The Balaban J connectivity index is 2.22. The Morgan fingerprint density at radius 1 is 1.09 bits per heavy atom. The molecule has 1 aliphatic heterocycles. The Labute approximate surface area is 194 Å². The number of ketones is 1. The van der Waals surface area contributed by atoms with Crippen molar-refractivity contribution in [3.8, 4) is 5.75 Å². The molecular formula is C24H22N2O8. The minimum Gasteiger partial charge on any atom is -0.445 e. The SMILES string of the molecule is CC(=O)OC12Oc3cc(C(C)C)ccc3C1(N(C(C)=O)C(C)=O)C(=O)c1cccc([N+](=O)[O-])c12. The maximum Gasteiger partial charge on any atom is 0.324 e. The third kappa shape index (κ3) is 2.74. The number of hydrogen-bond acceptors (Lipinski definition) is 8. The van der Waals surface area contributed by atoms with Crippen molar-refractivity contribution in [2.45, 2.75) is 51.9 Å². The molecule has 2 aliphatic rings. The first-order valence-corrected chi connectivity index (χ1v) is 10.6. The van der Waals surface area contributed by atoms with Gasteiger partial charge in [0.1, 0.15) is 11.3 Å². The summed E-state index contributed by atoms with van der Waals surface area (Å²) >= 11 is 0. The van der Waals surface area contributed by atoms with Crippen LogP contribution in [0.3, 0.4) is 0 Å². The molecule has 176 valence electrons. The lowest BCUT2D eigenvalue weighted by Gasteiger charge is -2.42. The van der Waals surface area contributed by atoms with Gasteiger partial charge in [0.25, 0.3) is 5.69 Å². The van der Waals surface area contributed by atoms with Crippen LogP contribution < -0.4 is 4.74 Å². The third-order valence-corrected chi connectivity index (χ3v) is 6.19. The van der Waals surface area contributed by atoms with Crippen LogP contribution in [0.25, 0.3) is 0 Å². The van der Waals surface area contributed by atoms with Crippen LogP contribution >= 0.6 is 0 Å². The fraction of sp³-hybridized carbons (Fsp3) is 0.333. The molecule has 0 fully saturated rings. The highest BCUT2D eigenvalue weighted by molar-refractivity contribution is 6.16. The molecule has 0 spiro atoms. The summed E-state index contributed by atoms with van der Waals surface area (Å²) in [6, 6.07) is 8.63. The number of rotatable bonds is 4. The molecule has 2 aromatic rings. The van der Waals surface area contributed by atoms with E-state index in [0.717, 1.165) is 32.4 Å². The predicted octanol–water partition coefficient (Wildman–Crippen LogP) is 3.31. The summed E-state index contributed by atoms with van der Waals surface area (Å²) in [5.41, 5.74) is -2.47. The van der Waals surface area contributed by atoms with E-state index in [2.05, 4.69) is 0 Å². The molecule has 10 heteroatoms. The number of imide groups is 1. The maximum atomic E-state index is 14.2. The van der Waals surface area contributed by atoms with Gasteiger partial charge in [0.2, 0.25) is 23.1 Å². The van der Waals surface area contributed by atoms with Gasteiger partial charge in [-0.25, -0.2) is 0 Å². The first kappa shape index (κ1) is 23.1. The van der Waals surface area contributed by atoms with Gasteiger partial charge in [-0.05, 0) is 17.5 Å². The van der Waals surface area contributed by atoms with E-state index in [9.17, 15) is 29.3 Å². The molecule has 1 aliphatic carbocycles. The number of nitro groups is 1. The first-order valence-electron chi connectivity index (χ1n) is 10.6. The molecule has 2 aromatic carbocycles. The Morgan fingerprint density at radius 2 is 1.74 bits per heavy atom. The van der Waals surface area contributed by atoms with Gasteiger partial charge >= 0.3 is 11.8 Å². The number of esters is 1.